The Bertz CT molecular complexity index is 881. The van der Waals surface area contributed by atoms with Gasteiger partial charge >= 0.3 is 0 Å². The van der Waals surface area contributed by atoms with Crippen LogP contribution in [-0.4, -0.2) is 43.5 Å². The van der Waals surface area contributed by atoms with Crippen LogP contribution < -0.4 is 14.8 Å². The molecule has 6 heteroatoms. The van der Waals surface area contributed by atoms with Gasteiger partial charge in [-0.3, -0.25) is 9.59 Å². The number of ether oxygens (including phenoxy) is 2. The molecular formula is C23H26N2O4. The highest BCUT2D eigenvalue weighted by Crippen LogP contribution is 2.40. The van der Waals surface area contributed by atoms with Crippen molar-refractivity contribution in [3.63, 3.8) is 0 Å². The summed E-state index contributed by atoms with van der Waals surface area (Å²) in [5.41, 5.74) is 2.53. The molecule has 0 radical (unpaired) electrons. The van der Waals surface area contributed by atoms with Gasteiger partial charge in [-0.1, -0.05) is 24.3 Å². The van der Waals surface area contributed by atoms with E-state index in [0.717, 1.165) is 24.5 Å². The van der Waals surface area contributed by atoms with Crippen LogP contribution in [0, 0.1) is 11.8 Å². The number of nitrogens with zero attached hydrogens (tertiary/aromatic N) is 1. The van der Waals surface area contributed by atoms with Crippen molar-refractivity contribution in [3.8, 4) is 11.5 Å². The molecule has 1 aliphatic heterocycles. The molecule has 2 amide bonds. The predicted molar refractivity (Wildman–Crippen MR) is 109 cm³/mol. The lowest BCUT2D eigenvalue weighted by Crippen LogP contribution is -2.38. The summed E-state index contributed by atoms with van der Waals surface area (Å²) < 4.78 is 10.7. The second-order valence-corrected chi connectivity index (χ2v) is 7.54. The number of rotatable bonds is 7. The number of carbonyl (C=O) groups excluding carboxylic acids is 2. The van der Waals surface area contributed by atoms with Crippen molar-refractivity contribution in [2.24, 2.45) is 11.8 Å². The number of hydrogen-bond donors (Lipinski definition) is 1. The quantitative estimate of drug-likeness (QED) is 0.733. The average molecular weight is 394 g/mol. The van der Waals surface area contributed by atoms with Crippen LogP contribution in [0.4, 0.5) is 0 Å². The molecule has 2 unspecified atom stereocenters. The largest absolute Gasteiger partial charge is 0.497 e. The monoisotopic (exact) mass is 394 g/mol. The molecule has 0 saturated heterocycles. The number of benzene rings is 2. The van der Waals surface area contributed by atoms with Gasteiger partial charge in [0.2, 0.25) is 11.8 Å². The Balaban J connectivity index is 1.19. The SMILES string of the molecule is COc1ccc(OCCNC(=O)C2CC2C(=O)N2CCc3ccccc3C2)cc1. The van der Waals surface area contributed by atoms with Gasteiger partial charge in [0.15, 0.2) is 0 Å². The molecule has 2 aromatic rings. The molecule has 0 spiro atoms. The average Bonchev–Trinajstić information content (AvgIpc) is 3.57. The van der Waals surface area contributed by atoms with E-state index in [1.165, 1.54) is 11.1 Å². The van der Waals surface area contributed by atoms with Crippen LogP contribution in [0.5, 0.6) is 11.5 Å². The smallest absolute Gasteiger partial charge is 0.226 e. The van der Waals surface area contributed by atoms with Crippen molar-refractivity contribution >= 4 is 11.8 Å². The summed E-state index contributed by atoms with van der Waals surface area (Å²) in [6.45, 7) is 2.18. The van der Waals surface area contributed by atoms with E-state index in [1.807, 2.05) is 41.3 Å². The molecule has 1 N–H and O–H groups in total. The Morgan fingerprint density at radius 1 is 1.03 bits per heavy atom. The van der Waals surface area contributed by atoms with E-state index in [2.05, 4.69) is 17.4 Å². The van der Waals surface area contributed by atoms with Gasteiger partial charge in [0.25, 0.3) is 0 Å². The summed E-state index contributed by atoms with van der Waals surface area (Å²) >= 11 is 0. The minimum Gasteiger partial charge on any atom is -0.497 e. The number of fused-ring (bicyclic) bond motifs is 1. The third-order valence-electron chi connectivity index (χ3n) is 5.62. The molecular weight excluding hydrogens is 368 g/mol. The van der Waals surface area contributed by atoms with E-state index in [-0.39, 0.29) is 23.7 Å². The van der Waals surface area contributed by atoms with E-state index >= 15 is 0 Å². The van der Waals surface area contributed by atoms with Gasteiger partial charge in [0.1, 0.15) is 18.1 Å². The van der Waals surface area contributed by atoms with Crippen LogP contribution >= 0.6 is 0 Å². The molecule has 2 aliphatic rings. The molecule has 29 heavy (non-hydrogen) atoms. The van der Waals surface area contributed by atoms with Crippen LogP contribution in [-0.2, 0) is 22.6 Å². The molecule has 1 saturated carbocycles. The first-order valence-electron chi connectivity index (χ1n) is 10.1. The molecule has 6 nitrogen and oxygen atoms in total. The number of nitrogens with one attached hydrogen (secondary N) is 1. The Hall–Kier alpha value is -3.02. The van der Waals surface area contributed by atoms with Crippen LogP contribution in [0.1, 0.15) is 17.5 Å². The van der Waals surface area contributed by atoms with Gasteiger partial charge in [-0.2, -0.15) is 0 Å². The van der Waals surface area contributed by atoms with Crippen molar-refractivity contribution < 1.29 is 19.1 Å². The van der Waals surface area contributed by atoms with Gasteiger partial charge in [-0.15, -0.1) is 0 Å². The van der Waals surface area contributed by atoms with Crippen LogP contribution in [0.15, 0.2) is 48.5 Å². The maximum atomic E-state index is 12.8. The minimum absolute atomic E-state index is 0.0564. The van der Waals surface area contributed by atoms with Crippen molar-refractivity contribution in [2.75, 3.05) is 26.8 Å². The van der Waals surface area contributed by atoms with Crippen molar-refractivity contribution in [1.82, 2.24) is 10.2 Å². The second-order valence-electron chi connectivity index (χ2n) is 7.54. The summed E-state index contributed by atoms with van der Waals surface area (Å²) in [5, 5.41) is 2.88. The standard InChI is InChI=1S/C23H26N2O4/c1-28-18-6-8-19(9-7-18)29-13-11-24-22(26)20-14-21(20)23(27)25-12-10-16-4-2-3-5-17(16)15-25/h2-9,20-21H,10-15H2,1H3,(H,24,26). The maximum Gasteiger partial charge on any atom is 0.226 e. The molecule has 0 aromatic heterocycles. The number of hydrogen-bond acceptors (Lipinski definition) is 4. The molecule has 152 valence electrons. The molecule has 4 rings (SSSR count). The molecule has 1 aliphatic carbocycles. The van der Waals surface area contributed by atoms with E-state index in [1.54, 1.807) is 7.11 Å². The fourth-order valence-electron chi connectivity index (χ4n) is 3.82. The summed E-state index contributed by atoms with van der Waals surface area (Å²) in [4.78, 5) is 27.0. The summed E-state index contributed by atoms with van der Waals surface area (Å²) in [6, 6.07) is 15.6. The van der Waals surface area contributed by atoms with Crippen LogP contribution in [0.3, 0.4) is 0 Å². The van der Waals surface area contributed by atoms with E-state index in [0.29, 0.717) is 26.1 Å². The van der Waals surface area contributed by atoms with Gasteiger partial charge < -0.3 is 19.7 Å². The fourth-order valence-corrected chi connectivity index (χ4v) is 3.82. The highest BCUT2D eigenvalue weighted by Gasteiger charge is 2.49. The third-order valence-corrected chi connectivity index (χ3v) is 5.62. The van der Waals surface area contributed by atoms with E-state index in [4.69, 9.17) is 9.47 Å². The summed E-state index contributed by atoms with van der Waals surface area (Å²) in [6.07, 6.45) is 1.52. The zero-order chi connectivity index (χ0) is 20.2. The molecule has 0 bridgehead atoms. The maximum absolute atomic E-state index is 12.8. The zero-order valence-corrected chi connectivity index (χ0v) is 16.6. The van der Waals surface area contributed by atoms with Crippen LogP contribution in [0.25, 0.3) is 0 Å². The molecule has 1 heterocycles. The normalized spacial score (nSPS) is 19.8. The van der Waals surface area contributed by atoms with Gasteiger partial charge in [-0.25, -0.2) is 0 Å². The Labute approximate surface area is 170 Å². The first-order valence-corrected chi connectivity index (χ1v) is 10.1. The van der Waals surface area contributed by atoms with Crippen molar-refractivity contribution in [3.05, 3.63) is 59.7 Å². The van der Waals surface area contributed by atoms with Crippen molar-refractivity contribution in [1.29, 1.82) is 0 Å². The first-order chi connectivity index (χ1) is 14.2. The lowest BCUT2D eigenvalue weighted by molar-refractivity contribution is -0.135. The highest BCUT2D eigenvalue weighted by atomic mass is 16.5. The summed E-state index contributed by atoms with van der Waals surface area (Å²) in [5.74, 6) is 1.16. The highest BCUT2D eigenvalue weighted by molar-refractivity contribution is 5.92. The van der Waals surface area contributed by atoms with Crippen molar-refractivity contribution in [2.45, 2.75) is 19.4 Å². The fraction of sp³-hybridized carbons (Fsp3) is 0.391. The second kappa shape index (κ2) is 8.55. The van der Waals surface area contributed by atoms with E-state index < -0.39 is 0 Å². The first kappa shape index (κ1) is 19.3. The topological polar surface area (TPSA) is 67.9 Å². The number of amides is 2. The molecule has 2 atom stereocenters. The zero-order valence-electron chi connectivity index (χ0n) is 16.6. The predicted octanol–water partition coefficient (Wildman–Crippen LogP) is 2.41. The Morgan fingerprint density at radius 3 is 2.52 bits per heavy atom. The number of methoxy groups -OCH3 is 1. The van der Waals surface area contributed by atoms with E-state index in [9.17, 15) is 9.59 Å². The Morgan fingerprint density at radius 2 is 1.76 bits per heavy atom. The molecule has 2 aromatic carbocycles. The van der Waals surface area contributed by atoms with Gasteiger partial charge in [0.05, 0.1) is 25.5 Å². The van der Waals surface area contributed by atoms with Gasteiger partial charge in [0, 0.05) is 13.1 Å². The van der Waals surface area contributed by atoms with Gasteiger partial charge in [-0.05, 0) is 48.2 Å². The minimum atomic E-state index is -0.208. The van der Waals surface area contributed by atoms with Crippen LogP contribution in [0.2, 0.25) is 0 Å². The number of carbonyl (C=O) groups is 2. The lowest BCUT2D eigenvalue weighted by atomic mass is 9.99. The summed E-state index contributed by atoms with van der Waals surface area (Å²) in [7, 11) is 1.62. The lowest BCUT2D eigenvalue weighted by Gasteiger charge is -2.29. The third kappa shape index (κ3) is 4.53. The Kier molecular flexibility index (Phi) is 5.69. The molecule has 1 fully saturated rings.